The van der Waals surface area contributed by atoms with E-state index in [1.165, 1.54) is 54.8 Å². The minimum atomic E-state index is 0. The molecule has 0 spiro atoms. The summed E-state index contributed by atoms with van der Waals surface area (Å²) in [5, 5.41) is 6.47. The van der Waals surface area contributed by atoms with E-state index in [2.05, 4.69) is 127 Å². The van der Waals surface area contributed by atoms with Gasteiger partial charge < -0.3 is 29.4 Å². The monoisotopic (exact) mass is 595 g/mol. The fraction of sp³-hybridized carbons (Fsp3) is 0.0606. The van der Waals surface area contributed by atoms with Crippen molar-refractivity contribution in [3.05, 3.63) is 133 Å². The predicted octanol–water partition coefficient (Wildman–Crippen LogP) is 2.94. The third kappa shape index (κ3) is 5.73. The Kier molecular flexibility index (Phi) is 9.85. The zero-order chi connectivity index (χ0) is 22.9. The smallest absolute Gasteiger partial charge is 1.00 e. The van der Waals surface area contributed by atoms with Crippen LogP contribution in [0.1, 0.15) is 12.0 Å². The topological polar surface area (TPSA) is 4.93 Å². The number of aromatic nitrogens is 1. The molecule has 1 aromatic heterocycles. The summed E-state index contributed by atoms with van der Waals surface area (Å²) in [5.74, 6) is 0. The average Bonchev–Trinajstić information content (AvgIpc) is 3.65. The van der Waals surface area contributed by atoms with Crippen molar-refractivity contribution in [3.8, 4) is 16.8 Å². The van der Waals surface area contributed by atoms with Gasteiger partial charge in [-0.3, -0.25) is 6.08 Å². The molecule has 6 aromatic rings. The van der Waals surface area contributed by atoms with Gasteiger partial charge in [0.2, 0.25) is 0 Å². The van der Waals surface area contributed by atoms with Crippen LogP contribution in [0.5, 0.6) is 0 Å². The SMILES string of the molecule is Cc1ccc(-c2cc3ccc(-n4ccc5ccccc54)cc3[cH-]2)c2ccccc12.[C-]1=CC=CC1.[Cl-].[Cl-].[Zr+4]. The number of rotatable bonds is 2. The second-order valence-electron chi connectivity index (χ2n) is 8.78. The molecule has 0 saturated carbocycles. The number of para-hydroxylation sites is 1. The van der Waals surface area contributed by atoms with Gasteiger partial charge in [-0.1, -0.05) is 78.4 Å². The largest absolute Gasteiger partial charge is 4.00 e. The van der Waals surface area contributed by atoms with Crippen LogP contribution >= 0.6 is 0 Å². The number of aryl methyl sites for hydroxylation is 1. The molecule has 1 aliphatic rings. The van der Waals surface area contributed by atoms with Gasteiger partial charge >= 0.3 is 26.2 Å². The molecule has 4 heteroatoms. The first-order valence-electron chi connectivity index (χ1n) is 11.8. The Balaban J connectivity index is 0.000000430. The molecule has 0 aliphatic heterocycles. The summed E-state index contributed by atoms with van der Waals surface area (Å²) in [6.07, 6.45) is 12.2. The second-order valence-corrected chi connectivity index (χ2v) is 8.78. The van der Waals surface area contributed by atoms with Crippen molar-refractivity contribution in [1.29, 1.82) is 0 Å². The van der Waals surface area contributed by atoms with Crippen LogP contribution in [-0.2, 0) is 26.2 Å². The maximum atomic E-state index is 2.99. The van der Waals surface area contributed by atoms with Crippen LogP contribution in [-0.4, -0.2) is 4.57 Å². The molecule has 0 radical (unpaired) electrons. The van der Waals surface area contributed by atoms with Crippen LogP contribution in [0.2, 0.25) is 0 Å². The molecule has 0 atom stereocenters. The van der Waals surface area contributed by atoms with Crippen molar-refractivity contribution in [3.63, 3.8) is 0 Å². The zero-order valence-electron chi connectivity index (χ0n) is 20.5. The average molecular weight is 598 g/mol. The van der Waals surface area contributed by atoms with E-state index >= 15 is 0 Å². The Morgan fingerprint density at radius 1 is 0.784 bits per heavy atom. The molecule has 1 nitrogen and oxygen atoms in total. The normalized spacial score (nSPS) is 11.5. The fourth-order valence-corrected chi connectivity index (χ4v) is 4.85. The van der Waals surface area contributed by atoms with E-state index in [4.69, 9.17) is 0 Å². The predicted molar refractivity (Wildman–Crippen MR) is 146 cm³/mol. The van der Waals surface area contributed by atoms with Crippen molar-refractivity contribution < 1.29 is 51.0 Å². The number of allylic oxidation sites excluding steroid dienone is 4. The molecule has 0 amide bonds. The molecule has 0 saturated heterocycles. The van der Waals surface area contributed by atoms with Crippen molar-refractivity contribution in [2.24, 2.45) is 0 Å². The van der Waals surface area contributed by atoms with Crippen LogP contribution in [0.4, 0.5) is 0 Å². The van der Waals surface area contributed by atoms with Crippen LogP contribution < -0.4 is 24.8 Å². The minimum absolute atomic E-state index is 0. The number of hydrogen-bond acceptors (Lipinski definition) is 0. The van der Waals surface area contributed by atoms with Crippen molar-refractivity contribution in [1.82, 2.24) is 4.57 Å². The van der Waals surface area contributed by atoms with Crippen molar-refractivity contribution in [2.75, 3.05) is 0 Å². The van der Waals surface area contributed by atoms with Crippen LogP contribution in [0.3, 0.4) is 0 Å². The van der Waals surface area contributed by atoms with Crippen LogP contribution in [0, 0.1) is 13.0 Å². The number of fused-ring (bicyclic) bond motifs is 3. The van der Waals surface area contributed by atoms with Gasteiger partial charge in [-0.05, 0) is 40.8 Å². The Bertz CT molecular complexity index is 1690. The van der Waals surface area contributed by atoms with E-state index in [0.717, 1.165) is 6.42 Å². The Morgan fingerprint density at radius 3 is 2.32 bits per heavy atom. The van der Waals surface area contributed by atoms with Gasteiger partial charge in [-0.15, -0.1) is 34.9 Å². The molecule has 0 unspecified atom stereocenters. The standard InChI is InChI=1S/C28H20N.C5H5.2ClH.Zr/c1-19-10-13-26(27-8-4-3-7-25(19)27)23-16-21-11-12-24(18-22(21)17-23)29-15-14-20-6-2-5-9-28(20)29;1-2-4-5-3-1;;;/h2-18H,1H3;1-3H,4H2;2*1H;/q2*-1;;;+4/p-2. The van der Waals surface area contributed by atoms with Gasteiger partial charge in [0, 0.05) is 11.9 Å². The second kappa shape index (κ2) is 12.7. The molecule has 0 bridgehead atoms. The van der Waals surface area contributed by atoms with Gasteiger partial charge in [0.15, 0.2) is 0 Å². The van der Waals surface area contributed by atoms with E-state index in [9.17, 15) is 0 Å². The summed E-state index contributed by atoms with van der Waals surface area (Å²) in [5.41, 5.74) is 6.34. The van der Waals surface area contributed by atoms with Gasteiger partial charge in [0.1, 0.15) is 0 Å². The summed E-state index contributed by atoms with van der Waals surface area (Å²) in [4.78, 5) is 0. The van der Waals surface area contributed by atoms with Gasteiger partial charge in [-0.2, -0.15) is 6.08 Å². The number of nitrogens with zero attached hydrogens (tertiary/aromatic N) is 1. The summed E-state index contributed by atoms with van der Waals surface area (Å²) in [7, 11) is 0. The number of hydrogen-bond donors (Lipinski definition) is 0. The van der Waals surface area contributed by atoms with Gasteiger partial charge in [0.05, 0.1) is 5.52 Å². The first kappa shape index (κ1) is 28.8. The molecule has 0 fully saturated rings. The summed E-state index contributed by atoms with van der Waals surface area (Å²) in [6, 6.07) is 35.2. The molecular weight excluding hydrogens is 573 g/mol. The molecule has 1 heterocycles. The molecule has 0 N–H and O–H groups in total. The van der Waals surface area contributed by atoms with Crippen molar-refractivity contribution in [2.45, 2.75) is 13.3 Å². The molecular formula is C33H25Cl2NZr. The fourth-order valence-electron chi connectivity index (χ4n) is 4.85. The maximum absolute atomic E-state index is 2.99. The Morgan fingerprint density at radius 2 is 1.57 bits per heavy atom. The first-order chi connectivity index (χ1) is 16.8. The van der Waals surface area contributed by atoms with E-state index in [1.807, 2.05) is 12.2 Å². The summed E-state index contributed by atoms with van der Waals surface area (Å²) >= 11 is 0. The molecule has 180 valence electrons. The summed E-state index contributed by atoms with van der Waals surface area (Å²) in [6.45, 7) is 2.18. The van der Waals surface area contributed by atoms with Crippen LogP contribution in [0.15, 0.2) is 121 Å². The molecule has 7 rings (SSSR count). The minimum Gasteiger partial charge on any atom is -1.00 e. The molecule has 5 aromatic carbocycles. The van der Waals surface area contributed by atoms with Crippen LogP contribution in [0.25, 0.3) is 49.3 Å². The Labute approximate surface area is 249 Å². The van der Waals surface area contributed by atoms with Gasteiger partial charge in [-0.25, -0.2) is 12.2 Å². The molecule has 1 aliphatic carbocycles. The number of halogens is 2. The van der Waals surface area contributed by atoms with E-state index in [-0.39, 0.29) is 51.0 Å². The summed E-state index contributed by atoms with van der Waals surface area (Å²) < 4.78 is 2.27. The molecule has 37 heavy (non-hydrogen) atoms. The third-order valence-corrected chi connectivity index (χ3v) is 6.61. The number of benzene rings is 4. The Hall–Kier alpha value is -2.77. The maximum Gasteiger partial charge on any atom is 4.00 e. The van der Waals surface area contributed by atoms with Gasteiger partial charge in [0.25, 0.3) is 0 Å². The van der Waals surface area contributed by atoms with E-state index in [0.29, 0.717) is 0 Å². The quantitative estimate of drug-likeness (QED) is 0.271. The van der Waals surface area contributed by atoms with Crippen molar-refractivity contribution >= 4 is 32.4 Å². The van der Waals surface area contributed by atoms with E-state index < -0.39 is 0 Å². The van der Waals surface area contributed by atoms with E-state index in [1.54, 1.807) is 0 Å². The first-order valence-corrected chi connectivity index (χ1v) is 11.8. The third-order valence-electron chi connectivity index (χ3n) is 6.61. The zero-order valence-corrected chi connectivity index (χ0v) is 24.4.